The second kappa shape index (κ2) is 8.70. The van der Waals surface area contributed by atoms with Crippen LogP contribution in [0.25, 0.3) is 17.0 Å². The average molecular weight is 431 g/mol. The number of nitrogens with one attached hydrogen (secondary N) is 2. The fourth-order valence-corrected chi connectivity index (χ4v) is 3.76. The van der Waals surface area contributed by atoms with E-state index < -0.39 is 17.8 Å². The molecule has 164 valence electrons. The Kier molecular flexibility index (Phi) is 5.81. The highest BCUT2D eigenvalue weighted by molar-refractivity contribution is 6.16. The van der Waals surface area contributed by atoms with Gasteiger partial charge in [-0.2, -0.15) is 0 Å². The average Bonchev–Trinajstić information content (AvgIpc) is 3.28. The standard InChI is InChI=1S/C25H26N4O3/c1-4-17(3)28-14-18(20-7-5-6-8-22(20)28)13-21-24(31)29(25(32)27-21)15-23(30)26-19-11-9-16(2)10-12-19/h5-14,17H,4,15H2,1-3H3,(H,26,30)(H,27,32)/b21-13+/t17-/m0/s1. The third-order valence-electron chi connectivity index (χ3n) is 5.74. The summed E-state index contributed by atoms with van der Waals surface area (Å²) in [5.41, 5.74) is 3.75. The Morgan fingerprint density at radius 1 is 1.12 bits per heavy atom. The Hall–Kier alpha value is -3.87. The van der Waals surface area contributed by atoms with Crippen molar-refractivity contribution in [3.63, 3.8) is 0 Å². The summed E-state index contributed by atoms with van der Waals surface area (Å²) < 4.78 is 2.18. The molecule has 2 heterocycles. The first kappa shape index (κ1) is 21.4. The molecule has 7 nitrogen and oxygen atoms in total. The van der Waals surface area contributed by atoms with Crippen molar-refractivity contribution in [2.24, 2.45) is 0 Å². The zero-order chi connectivity index (χ0) is 22.8. The summed E-state index contributed by atoms with van der Waals surface area (Å²) in [6.45, 7) is 5.86. The van der Waals surface area contributed by atoms with Crippen LogP contribution in [0.4, 0.5) is 10.5 Å². The molecule has 1 atom stereocenters. The number of aromatic nitrogens is 1. The fourth-order valence-electron chi connectivity index (χ4n) is 3.76. The molecule has 0 saturated carbocycles. The number of rotatable bonds is 6. The van der Waals surface area contributed by atoms with Crippen molar-refractivity contribution >= 4 is 40.5 Å². The number of hydrogen-bond acceptors (Lipinski definition) is 3. The van der Waals surface area contributed by atoms with Crippen molar-refractivity contribution in [3.05, 3.63) is 71.6 Å². The van der Waals surface area contributed by atoms with Gasteiger partial charge < -0.3 is 15.2 Å². The Morgan fingerprint density at radius 2 is 1.84 bits per heavy atom. The van der Waals surface area contributed by atoms with Crippen molar-refractivity contribution in [1.29, 1.82) is 0 Å². The van der Waals surface area contributed by atoms with Crippen LogP contribution in [0.2, 0.25) is 0 Å². The van der Waals surface area contributed by atoms with Crippen molar-refractivity contribution in [1.82, 2.24) is 14.8 Å². The molecule has 0 bridgehead atoms. The summed E-state index contributed by atoms with van der Waals surface area (Å²) >= 11 is 0. The molecule has 4 rings (SSSR count). The molecule has 0 aliphatic carbocycles. The van der Waals surface area contributed by atoms with Gasteiger partial charge in [0.25, 0.3) is 5.91 Å². The van der Waals surface area contributed by atoms with Gasteiger partial charge in [-0.25, -0.2) is 9.69 Å². The van der Waals surface area contributed by atoms with Crippen molar-refractivity contribution < 1.29 is 14.4 Å². The number of carbonyl (C=O) groups excluding carboxylic acids is 3. The molecule has 0 unspecified atom stereocenters. The monoisotopic (exact) mass is 430 g/mol. The van der Waals surface area contributed by atoms with Gasteiger partial charge in [-0.05, 0) is 44.5 Å². The highest BCUT2D eigenvalue weighted by Crippen LogP contribution is 2.28. The predicted molar refractivity (Wildman–Crippen MR) is 125 cm³/mol. The normalized spacial score (nSPS) is 16.0. The molecule has 2 aromatic carbocycles. The molecule has 7 heteroatoms. The van der Waals surface area contributed by atoms with E-state index in [1.165, 1.54) is 0 Å². The van der Waals surface area contributed by atoms with Gasteiger partial charge in [-0.15, -0.1) is 0 Å². The van der Waals surface area contributed by atoms with E-state index in [9.17, 15) is 14.4 Å². The predicted octanol–water partition coefficient (Wildman–Crippen LogP) is 4.45. The zero-order valence-electron chi connectivity index (χ0n) is 18.4. The van der Waals surface area contributed by atoms with Crippen LogP contribution < -0.4 is 10.6 Å². The summed E-state index contributed by atoms with van der Waals surface area (Å²) in [6, 6.07) is 15.0. The molecule has 32 heavy (non-hydrogen) atoms. The number of imide groups is 1. The van der Waals surface area contributed by atoms with E-state index in [0.29, 0.717) is 11.7 Å². The molecule has 4 amide bonds. The van der Waals surface area contributed by atoms with Crippen molar-refractivity contribution in [2.75, 3.05) is 11.9 Å². The number of amides is 4. The Labute approximate surface area is 186 Å². The van der Waals surface area contributed by atoms with E-state index in [0.717, 1.165) is 33.4 Å². The minimum atomic E-state index is -0.606. The highest BCUT2D eigenvalue weighted by Gasteiger charge is 2.35. The maximum Gasteiger partial charge on any atom is 0.329 e. The lowest BCUT2D eigenvalue weighted by atomic mass is 10.1. The van der Waals surface area contributed by atoms with E-state index >= 15 is 0 Å². The number of nitrogens with zero attached hydrogens (tertiary/aromatic N) is 2. The quantitative estimate of drug-likeness (QED) is 0.448. The van der Waals surface area contributed by atoms with Gasteiger partial charge in [0.05, 0.1) is 0 Å². The van der Waals surface area contributed by atoms with Crippen LogP contribution in [-0.4, -0.2) is 33.9 Å². The molecule has 1 aliphatic heterocycles. The fraction of sp³-hybridized carbons (Fsp3) is 0.240. The number of fused-ring (bicyclic) bond motifs is 1. The Morgan fingerprint density at radius 3 is 2.56 bits per heavy atom. The summed E-state index contributed by atoms with van der Waals surface area (Å²) in [5, 5.41) is 6.32. The van der Waals surface area contributed by atoms with E-state index in [1.807, 2.05) is 49.5 Å². The maximum atomic E-state index is 12.9. The molecule has 1 aliphatic rings. The van der Waals surface area contributed by atoms with Crippen LogP contribution in [0.1, 0.15) is 37.4 Å². The summed E-state index contributed by atoms with van der Waals surface area (Å²) in [6.07, 6.45) is 4.64. The summed E-state index contributed by atoms with van der Waals surface area (Å²) in [4.78, 5) is 38.6. The first-order chi connectivity index (χ1) is 15.4. The lowest BCUT2D eigenvalue weighted by molar-refractivity contribution is -0.127. The second-order valence-corrected chi connectivity index (χ2v) is 8.06. The first-order valence-corrected chi connectivity index (χ1v) is 10.7. The Balaban J connectivity index is 1.55. The number of aryl methyl sites for hydroxylation is 1. The number of para-hydroxylation sites is 1. The summed E-state index contributed by atoms with van der Waals surface area (Å²) in [7, 11) is 0. The van der Waals surface area contributed by atoms with Crippen LogP contribution in [0.15, 0.2) is 60.4 Å². The molecule has 1 saturated heterocycles. The van der Waals surface area contributed by atoms with Gasteiger partial charge in [-0.3, -0.25) is 9.59 Å². The van der Waals surface area contributed by atoms with Crippen LogP contribution in [0.5, 0.6) is 0 Å². The minimum Gasteiger partial charge on any atom is -0.344 e. The third-order valence-corrected chi connectivity index (χ3v) is 5.74. The lowest BCUT2D eigenvalue weighted by Gasteiger charge is -2.12. The highest BCUT2D eigenvalue weighted by atomic mass is 16.2. The molecule has 3 aromatic rings. The minimum absolute atomic E-state index is 0.158. The second-order valence-electron chi connectivity index (χ2n) is 8.06. The SMILES string of the molecule is CC[C@H](C)n1cc(/C=C2/NC(=O)N(CC(=O)Nc3ccc(C)cc3)C2=O)c2ccccc21. The van der Waals surface area contributed by atoms with Gasteiger partial charge in [0.1, 0.15) is 12.2 Å². The number of hydrogen-bond donors (Lipinski definition) is 2. The van der Waals surface area contributed by atoms with Gasteiger partial charge in [0.2, 0.25) is 5.91 Å². The molecular weight excluding hydrogens is 404 g/mol. The van der Waals surface area contributed by atoms with Gasteiger partial charge in [0, 0.05) is 34.4 Å². The van der Waals surface area contributed by atoms with Gasteiger partial charge in [-0.1, -0.05) is 42.8 Å². The number of urea groups is 1. The van der Waals surface area contributed by atoms with Crippen molar-refractivity contribution in [2.45, 2.75) is 33.2 Å². The molecule has 1 aromatic heterocycles. The topological polar surface area (TPSA) is 83.4 Å². The van der Waals surface area contributed by atoms with Crippen LogP contribution in [-0.2, 0) is 9.59 Å². The molecule has 1 fully saturated rings. The smallest absolute Gasteiger partial charge is 0.329 e. The van der Waals surface area contributed by atoms with E-state index in [1.54, 1.807) is 18.2 Å². The van der Waals surface area contributed by atoms with E-state index in [-0.39, 0.29) is 12.2 Å². The lowest BCUT2D eigenvalue weighted by Crippen LogP contribution is -2.38. The zero-order valence-corrected chi connectivity index (χ0v) is 18.4. The number of anilines is 1. The van der Waals surface area contributed by atoms with Gasteiger partial charge >= 0.3 is 6.03 Å². The molecular formula is C25H26N4O3. The van der Waals surface area contributed by atoms with Crippen molar-refractivity contribution in [3.8, 4) is 0 Å². The van der Waals surface area contributed by atoms with Crippen LogP contribution in [0.3, 0.4) is 0 Å². The number of benzene rings is 2. The Bertz CT molecular complexity index is 1220. The maximum absolute atomic E-state index is 12.9. The largest absolute Gasteiger partial charge is 0.344 e. The third kappa shape index (κ3) is 4.14. The van der Waals surface area contributed by atoms with Gasteiger partial charge in [0.15, 0.2) is 0 Å². The van der Waals surface area contributed by atoms with Crippen LogP contribution in [0, 0.1) is 6.92 Å². The molecule has 0 spiro atoms. The molecule has 0 radical (unpaired) electrons. The number of carbonyl (C=O) groups is 3. The van der Waals surface area contributed by atoms with E-state index in [4.69, 9.17) is 0 Å². The molecule has 2 N–H and O–H groups in total. The first-order valence-electron chi connectivity index (χ1n) is 10.7. The summed E-state index contributed by atoms with van der Waals surface area (Å²) in [5.74, 6) is -0.957. The van der Waals surface area contributed by atoms with E-state index in [2.05, 4.69) is 29.0 Å². The van der Waals surface area contributed by atoms with Crippen LogP contribution >= 0.6 is 0 Å².